The first-order chi connectivity index (χ1) is 8.58. The lowest BCUT2D eigenvalue weighted by molar-refractivity contribution is -0.164. The Labute approximate surface area is 107 Å². The van der Waals surface area contributed by atoms with E-state index in [1.54, 1.807) is 4.90 Å². The zero-order valence-electron chi connectivity index (χ0n) is 11.1. The van der Waals surface area contributed by atoms with Gasteiger partial charge in [-0.05, 0) is 39.0 Å². The first kappa shape index (κ1) is 13.3. The first-order valence-electron chi connectivity index (χ1n) is 6.61. The van der Waals surface area contributed by atoms with E-state index in [1.807, 2.05) is 6.92 Å². The molecular formula is C13H21NO4. The van der Waals surface area contributed by atoms with Crippen molar-refractivity contribution < 1.29 is 19.1 Å². The van der Waals surface area contributed by atoms with Crippen molar-refractivity contribution in [1.29, 1.82) is 0 Å². The Morgan fingerprint density at radius 3 is 2.72 bits per heavy atom. The van der Waals surface area contributed by atoms with E-state index >= 15 is 0 Å². The van der Waals surface area contributed by atoms with Gasteiger partial charge in [0.15, 0.2) is 0 Å². The second-order valence-electron chi connectivity index (χ2n) is 5.22. The Balaban J connectivity index is 2.13. The van der Waals surface area contributed by atoms with Gasteiger partial charge < -0.3 is 14.4 Å². The van der Waals surface area contributed by atoms with Crippen molar-refractivity contribution in [3.05, 3.63) is 0 Å². The smallest absolute Gasteiger partial charge is 0.328 e. The maximum atomic E-state index is 12.5. The van der Waals surface area contributed by atoms with Crippen LogP contribution in [0.1, 0.15) is 39.0 Å². The lowest BCUT2D eigenvalue weighted by Gasteiger charge is -2.38. The Hall–Kier alpha value is -1.10. The van der Waals surface area contributed by atoms with Gasteiger partial charge in [0.05, 0.1) is 7.11 Å². The van der Waals surface area contributed by atoms with Crippen molar-refractivity contribution in [2.45, 2.75) is 50.7 Å². The molecule has 0 aromatic carbocycles. The average Bonchev–Trinajstić information content (AvgIpc) is 2.85. The monoisotopic (exact) mass is 255 g/mol. The molecule has 2 aliphatic heterocycles. The minimum atomic E-state index is -0.746. The number of nitrogens with zero attached hydrogens (tertiary/aromatic N) is 1. The van der Waals surface area contributed by atoms with E-state index in [0.717, 1.165) is 25.7 Å². The third-order valence-electron chi connectivity index (χ3n) is 3.91. The van der Waals surface area contributed by atoms with Crippen LogP contribution in [0.15, 0.2) is 0 Å². The highest BCUT2D eigenvalue weighted by Crippen LogP contribution is 2.30. The standard InChI is InChI=1S/C13H21NO4/c1-13(7-5-9-18-13)12(16)14-8-4-3-6-10(14)11(15)17-2/h10H,3-9H2,1-2H3. The number of carbonyl (C=O) groups excluding carboxylic acids is 2. The molecule has 2 rings (SSSR count). The lowest BCUT2D eigenvalue weighted by Crippen LogP contribution is -2.55. The molecule has 2 fully saturated rings. The van der Waals surface area contributed by atoms with E-state index in [4.69, 9.17) is 9.47 Å². The molecule has 2 heterocycles. The quantitative estimate of drug-likeness (QED) is 0.694. The normalized spacial score (nSPS) is 32.3. The van der Waals surface area contributed by atoms with Gasteiger partial charge in [-0.2, -0.15) is 0 Å². The van der Waals surface area contributed by atoms with Crippen LogP contribution in [0.5, 0.6) is 0 Å². The second kappa shape index (κ2) is 5.26. The third-order valence-corrected chi connectivity index (χ3v) is 3.91. The SMILES string of the molecule is COC(=O)C1CCCCN1C(=O)C1(C)CCCO1. The van der Waals surface area contributed by atoms with E-state index in [0.29, 0.717) is 19.6 Å². The molecule has 0 radical (unpaired) electrons. The molecule has 0 saturated carbocycles. The molecule has 0 aromatic heterocycles. The lowest BCUT2D eigenvalue weighted by atomic mass is 9.95. The number of rotatable bonds is 2. The molecular weight excluding hydrogens is 234 g/mol. The van der Waals surface area contributed by atoms with Crippen LogP contribution in [0.4, 0.5) is 0 Å². The molecule has 102 valence electrons. The number of piperidine rings is 1. The highest BCUT2D eigenvalue weighted by atomic mass is 16.5. The highest BCUT2D eigenvalue weighted by Gasteiger charge is 2.44. The molecule has 0 aromatic rings. The maximum Gasteiger partial charge on any atom is 0.328 e. The van der Waals surface area contributed by atoms with Crippen molar-refractivity contribution >= 4 is 11.9 Å². The molecule has 2 saturated heterocycles. The summed E-state index contributed by atoms with van der Waals surface area (Å²) in [4.78, 5) is 25.9. The highest BCUT2D eigenvalue weighted by molar-refractivity contribution is 5.90. The van der Waals surface area contributed by atoms with E-state index in [1.165, 1.54) is 7.11 Å². The summed E-state index contributed by atoms with van der Waals surface area (Å²) >= 11 is 0. The van der Waals surface area contributed by atoms with Crippen molar-refractivity contribution in [3.63, 3.8) is 0 Å². The first-order valence-corrected chi connectivity index (χ1v) is 6.61. The molecule has 0 N–H and O–H groups in total. The van der Waals surface area contributed by atoms with Crippen molar-refractivity contribution in [2.24, 2.45) is 0 Å². The largest absolute Gasteiger partial charge is 0.467 e. The number of ether oxygens (including phenoxy) is 2. The van der Waals surface area contributed by atoms with E-state index < -0.39 is 11.6 Å². The van der Waals surface area contributed by atoms with E-state index in [2.05, 4.69) is 0 Å². The van der Waals surface area contributed by atoms with Crippen LogP contribution >= 0.6 is 0 Å². The summed E-state index contributed by atoms with van der Waals surface area (Å²) in [6.07, 6.45) is 4.22. The third kappa shape index (κ3) is 2.36. The van der Waals surface area contributed by atoms with E-state index in [-0.39, 0.29) is 11.9 Å². The van der Waals surface area contributed by atoms with Crippen LogP contribution in [0.2, 0.25) is 0 Å². The van der Waals surface area contributed by atoms with Crippen LogP contribution in [-0.4, -0.2) is 48.7 Å². The Morgan fingerprint density at radius 1 is 1.33 bits per heavy atom. The Morgan fingerprint density at radius 2 is 2.11 bits per heavy atom. The van der Waals surface area contributed by atoms with Crippen LogP contribution in [0.3, 0.4) is 0 Å². The number of carbonyl (C=O) groups is 2. The van der Waals surface area contributed by atoms with Gasteiger partial charge in [0.25, 0.3) is 5.91 Å². The zero-order valence-corrected chi connectivity index (χ0v) is 11.1. The van der Waals surface area contributed by atoms with Gasteiger partial charge in [0, 0.05) is 13.2 Å². The summed E-state index contributed by atoms with van der Waals surface area (Å²) < 4.78 is 10.4. The Bertz CT molecular complexity index is 336. The summed E-state index contributed by atoms with van der Waals surface area (Å²) in [5, 5.41) is 0. The van der Waals surface area contributed by atoms with Crippen LogP contribution < -0.4 is 0 Å². The van der Waals surface area contributed by atoms with Gasteiger partial charge in [0.2, 0.25) is 0 Å². The second-order valence-corrected chi connectivity index (χ2v) is 5.22. The van der Waals surface area contributed by atoms with Gasteiger partial charge in [0.1, 0.15) is 11.6 Å². The zero-order chi connectivity index (χ0) is 13.2. The topological polar surface area (TPSA) is 55.8 Å². The predicted octanol–water partition coefficient (Wildman–Crippen LogP) is 1.11. The molecule has 1 amide bonds. The molecule has 18 heavy (non-hydrogen) atoms. The van der Waals surface area contributed by atoms with Crippen molar-refractivity contribution in [2.75, 3.05) is 20.3 Å². The number of hydrogen-bond donors (Lipinski definition) is 0. The number of hydrogen-bond acceptors (Lipinski definition) is 4. The van der Waals surface area contributed by atoms with Crippen LogP contribution in [0, 0.1) is 0 Å². The minimum Gasteiger partial charge on any atom is -0.467 e. The number of methoxy groups -OCH3 is 1. The van der Waals surface area contributed by atoms with Gasteiger partial charge in [-0.3, -0.25) is 4.79 Å². The molecule has 5 heteroatoms. The van der Waals surface area contributed by atoms with Crippen molar-refractivity contribution in [1.82, 2.24) is 4.90 Å². The number of esters is 1. The van der Waals surface area contributed by atoms with E-state index in [9.17, 15) is 9.59 Å². The fourth-order valence-corrected chi connectivity index (χ4v) is 2.81. The van der Waals surface area contributed by atoms with Crippen LogP contribution in [-0.2, 0) is 19.1 Å². The molecule has 5 nitrogen and oxygen atoms in total. The van der Waals surface area contributed by atoms with Gasteiger partial charge in [-0.25, -0.2) is 4.79 Å². The molecule has 0 aliphatic carbocycles. The summed E-state index contributed by atoms with van der Waals surface area (Å²) in [6, 6.07) is -0.433. The van der Waals surface area contributed by atoms with Crippen LogP contribution in [0.25, 0.3) is 0 Å². The summed E-state index contributed by atoms with van der Waals surface area (Å²) in [5.74, 6) is -0.375. The predicted molar refractivity (Wildman–Crippen MR) is 65.0 cm³/mol. The maximum absolute atomic E-state index is 12.5. The van der Waals surface area contributed by atoms with Crippen molar-refractivity contribution in [3.8, 4) is 0 Å². The van der Waals surface area contributed by atoms with Gasteiger partial charge in [-0.15, -0.1) is 0 Å². The van der Waals surface area contributed by atoms with Gasteiger partial charge in [-0.1, -0.05) is 0 Å². The number of likely N-dealkylation sites (tertiary alicyclic amines) is 1. The fraction of sp³-hybridized carbons (Fsp3) is 0.846. The summed E-state index contributed by atoms with van der Waals surface area (Å²) in [5.41, 5.74) is -0.746. The van der Waals surface area contributed by atoms with Gasteiger partial charge >= 0.3 is 5.97 Å². The molecule has 0 bridgehead atoms. The fourth-order valence-electron chi connectivity index (χ4n) is 2.81. The minimum absolute atomic E-state index is 0.0601. The molecule has 2 aliphatic rings. The summed E-state index contributed by atoms with van der Waals surface area (Å²) in [6.45, 7) is 3.07. The Kier molecular flexibility index (Phi) is 3.90. The molecule has 2 unspecified atom stereocenters. The molecule has 0 spiro atoms. The molecule has 2 atom stereocenters. The average molecular weight is 255 g/mol. The summed E-state index contributed by atoms with van der Waals surface area (Å²) in [7, 11) is 1.37. The number of amides is 1.